The molecule has 1 rings (SSSR count). The van der Waals surface area contributed by atoms with E-state index in [1.54, 1.807) is 0 Å². The van der Waals surface area contributed by atoms with E-state index in [1.807, 2.05) is 12.5 Å². The number of thioether (sulfide) groups is 2. The van der Waals surface area contributed by atoms with Gasteiger partial charge in [0, 0.05) is 0 Å². The van der Waals surface area contributed by atoms with Gasteiger partial charge in [-0.15, -0.1) is 28.6 Å². The third-order valence-electron chi connectivity index (χ3n) is 1.49. The zero-order chi connectivity index (χ0) is 11.8. The van der Waals surface area contributed by atoms with Crippen molar-refractivity contribution in [1.82, 2.24) is 10.2 Å². The van der Waals surface area contributed by atoms with E-state index in [2.05, 4.69) is 19.9 Å². The van der Waals surface area contributed by atoms with E-state index in [-0.39, 0.29) is 12.6 Å². The Morgan fingerprint density at radius 1 is 1.50 bits per heavy atom. The molecule has 0 atom stereocenters. The summed E-state index contributed by atoms with van der Waals surface area (Å²) >= 11 is 3.02. The average molecular weight is 261 g/mol. The summed E-state index contributed by atoms with van der Waals surface area (Å²) in [7, 11) is 0. The van der Waals surface area contributed by atoms with Crippen molar-refractivity contribution < 1.29 is 13.9 Å². The third-order valence-corrected chi connectivity index (χ3v) is 3.38. The molecular weight excluding hydrogens is 250 g/mol. The number of rotatable bonds is 5. The molecule has 1 aromatic heterocycles. The monoisotopic (exact) mass is 261 g/mol. The van der Waals surface area contributed by atoms with Crippen LogP contribution in [0.15, 0.2) is 9.41 Å². The van der Waals surface area contributed by atoms with Crippen molar-refractivity contribution in [2.45, 2.75) is 6.42 Å². The van der Waals surface area contributed by atoms with Crippen molar-refractivity contribution in [3.8, 4) is 0 Å². The summed E-state index contributed by atoms with van der Waals surface area (Å²) in [5, 5.41) is 7.53. The summed E-state index contributed by atoms with van der Waals surface area (Å²) in [5.41, 5.74) is 0. The zero-order valence-corrected chi connectivity index (χ0v) is 10.5. The van der Waals surface area contributed by atoms with E-state index in [1.165, 1.54) is 23.5 Å². The Balaban J connectivity index is 2.56. The summed E-state index contributed by atoms with van der Waals surface area (Å²) in [6, 6.07) is 0.222. The van der Waals surface area contributed by atoms with Crippen molar-refractivity contribution >= 4 is 40.4 Å². The first-order valence-electron chi connectivity index (χ1n) is 4.34. The fourth-order valence-corrected chi connectivity index (χ4v) is 1.84. The van der Waals surface area contributed by atoms with Crippen molar-refractivity contribution in [2.75, 3.05) is 19.1 Å². The molecule has 0 saturated carbocycles. The van der Waals surface area contributed by atoms with E-state index in [9.17, 15) is 4.79 Å². The van der Waals surface area contributed by atoms with Gasteiger partial charge in [0.25, 0.3) is 6.47 Å². The molecule has 16 heavy (non-hydrogen) atoms. The number of aliphatic imine (C=N–C) groups is 1. The molecule has 88 valence electrons. The van der Waals surface area contributed by atoms with Gasteiger partial charge in [-0.3, -0.25) is 4.79 Å². The highest BCUT2D eigenvalue weighted by Crippen LogP contribution is 2.18. The lowest BCUT2D eigenvalue weighted by atomic mass is 10.5. The summed E-state index contributed by atoms with van der Waals surface area (Å²) in [6.45, 7) is 0.613. The predicted octanol–water partition coefficient (Wildman–Crippen LogP) is 1.50. The van der Waals surface area contributed by atoms with Gasteiger partial charge in [0.2, 0.25) is 5.89 Å². The lowest BCUT2D eigenvalue weighted by Gasteiger charge is -1.94. The van der Waals surface area contributed by atoms with Gasteiger partial charge in [-0.1, -0.05) is 5.10 Å². The number of aromatic nitrogens is 2. The van der Waals surface area contributed by atoms with Crippen LogP contribution < -0.4 is 0 Å². The van der Waals surface area contributed by atoms with Crippen LogP contribution in [0.3, 0.4) is 0 Å². The van der Waals surface area contributed by atoms with Gasteiger partial charge in [0.1, 0.15) is 4.38 Å². The van der Waals surface area contributed by atoms with Gasteiger partial charge >= 0.3 is 6.01 Å². The van der Waals surface area contributed by atoms with Crippen LogP contribution in [0, 0.1) is 0 Å². The molecule has 0 radical (unpaired) electrons. The minimum Gasteiger partial charge on any atom is -0.467 e. The third kappa shape index (κ3) is 4.23. The number of nitrogens with zero attached hydrogens (tertiary/aromatic N) is 3. The van der Waals surface area contributed by atoms with Gasteiger partial charge in [0.15, 0.2) is 0 Å². The summed E-state index contributed by atoms with van der Waals surface area (Å²) < 4.78 is 10.6. The highest BCUT2D eigenvalue weighted by Gasteiger charge is 2.06. The second-order valence-electron chi connectivity index (χ2n) is 2.48. The predicted molar refractivity (Wildman–Crippen MR) is 64.1 cm³/mol. The van der Waals surface area contributed by atoms with E-state index < -0.39 is 0 Å². The van der Waals surface area contributed by atoms with E-state index in [4.69, 9.17) is 4.42 Å². The van der Waals surface area contributed by atoms with Crippen LogP contribution in [0.1, 0.15) is 5.89 Å². The number of ether oxygens (including phenoxy) is 1. The summed E-state index contributed by atoms with van der Waals surface area (Å²) in [5.74, 6) is 0.405. The molecule has 0 saturated heterocycles. The second-order valence-corrected chi connectivity index (χ2v) is 4.33. The molecule has 0 bridgehead atoms. The van der Waals surface area contributed by atoms with Crippen LogP contribution in [0.5, 0.6) is 0 Å². The van der Waals surface area contributed by atoms with Crippen LogP contribution in [-0.4, -0.2) is 40.2 Å². The molecule has 0 aliphatic carbocycles. The van der Waals surface area contributed by atoms with Crippen molar-refractivity contribution in [3.63, 3.8) is 0 Å². The molecule has 0 unspecified atom stereocenters. The molecule has 8 heteroatoms. The Kier molecular flexibility index (Phi) is 5.94. The van der Waals surface area contributed by atoms with Crippen molar-refractivity contribution in [1.29, 1.82) is 0 Å². The number of hydrogen-bond acceptors (Lipinski definition) is 8. The minimum absolute atomic E-state index is 0.222. The molecule has 0 aliphatic rings. The molecule has 0 aliphatic heterocycles. The Hall–Kier alpha value is -1.02. The van der Waals surface area contributed by atoms with Crippen LogP contribution in [0.2, 0.25) is 0 Å². The molecular formula is C8H11N3O3S2. The topological polar surface area (TPSA) is 77.6 Å². The summed E-state index contributed by atoms with van der Waals surface area (Å²) in [6.07, 6.45) is 4.24. The molecule has 0 aromatic carbocycles. The van der Waals surface area contributed by atoms with Gasteiger partial charge in [0.05, 0.1) is 13.0 Å². The first-order chi connectivity index (χ1) is 7.80. The molecule has 1 heterocycles. The zero-order valence-electron chi connectivity index (χ0n) is 8.87. The fraction of sp³-hybridized carbons (Fsp3) is 0.500. The van der Waals surface area contributed by atoms with Crippen LogP contribution in [0.25, 0.3) is 0 Å². The number of carbonyl (C=O) groups excluding carboxylic acids is 1. The standard InChI is InChI=1S/C8H11N3O3S2/c1-15-8(16-2)9-7-11-10-6(14-7)3-4-13-5-12/h5H,3-4H2,1-2H3. The number of carbonyl (C=O) groups is 1. The highest BCUT2D eigenvalue weighted by atomic mass is 32.2. The van der Waals surface area contributed by atoms with Gasteiger partial charge in [-0.2, -0.15) is 4.99 Å². The SMILES string of the molecule is CSC(=Nc1nnc(CCOC=O)o1)SC. The summed E-state index contributed by atoms with van der Waals surface area (Å²) in [4.78, 5) is 14.0. The normalized spacial score (nSPS) is 9.88. The molecule has 0 fully saturated rings. The molecule has 0 amide bonds. The molecule has 6 nitrogen and oxygen atoms in total. The van der Waals surface area contributed by atoms with E-state index >= 15 is 0 Å². The first-order valence-corrected chi connectivity index (χ1v) is 6.79. The Morgan fingerprint density at radius 2 is 2.25 bits per heavy atom. The molecule has 0 N–H and O–H groups in total. The quantitative estimate of drug-likeness (QED) is 0.344. The fourth-order valence-electron chi connectivity index (χ4n) is 0.838. The van der Waals surface area contributed by atoms with Gasteiger partial charge in [-0.25, -0.2) is 0 Å². The lowest BCUT2D eigenvalue weighted by Crippen LogP contribution is -1.96. The Morgan fingerprint density at radius 3 is 2.88 bits per heavy atom. The van der Waals surface area contributed by atoms with E-state index in [0.717, 1.165) is 4.38 Å². The van der Waals surface area contributed by atoms with E-state index in [0.29, 0.717) is 18.8 Å². The lowest BCUT2D eigenvalue weighted by molar-refractivity contribution is -0.128. The minimum atomic E-state index is 0.222. The van der Waals surface area contributed by atoms with Crippen molar-refractivity contribution in [2.24, 2.45) is 4.99 Å². The Bertz CT molecular complexity index is 361. The molecule has 1 aromatic rings. The van der Waals surface area contributed by atoms with Gasteiger partial charge in [-0.05, 0) is 12.5 Å². The van der Waals surface area contributed by atoms with Crippen LogP contribution >= 0.6 is 23.5 Å². The Labute approximate surface area is 101 Å². The van der Waals surface area contributed by atoms with Gasteiger partial charge < -0.3 is 9.15 Å². The number of hydrogen-bond donors (Lipinski definition) is 0. The average Bonchev–Trinajstić information content (AvgIpc) is 2.74. The van der Waals surface area contributed by atoms with Crippen LogP contribution in [0.4, 0.5) is 6.01 Å². The maximum Gasteiger partial charge on any atom is 0.344 e. The van der Waals surface area contributed by atoms with Crippen molar-refractivity contribution in [3.05, 3.63) is 5.89 Å². The molecule has 0 spiro atoms. The maximum absolute atomic E-state index is 9.91. The second kappa shape index (κ2) is 7.29. The maximum atomic E-state index is 9.91. The highest BCUT2D eigenvalue weighted by molar-refractivity contribution is 8.38. The smallest absolute Gasteiger partial charge is 0.344 e. The first kappa shape index (κ1) is 13.0. The largest absolute Gasteiger partial charge is 0.467 e. The van der Waals surface area contributed by atoms with Crippen LogP contribution in [-0.2, 0) is 16.0 Å².